The van der Waals surface area contributed by atoms with Gasteiger partial charge in [0.15, 0.2) is 5.26 Å². The average molecular weight is 171 g/mol. The molecule has 2 heteroatoms. The Balaban J connectivity index is 2.60. The van der Waals surface area contributed by atoms with Gasteiger partial charge in [0.2, 0.25) is 0 Å². The fourth-order valence-corrected chi connectivity index (χ4v) is 1.76. The minimum absolute atomic E-state index is 0.819. The lowest BCUT2D eigenvalue weighted by Crippen LogP contribution is -2.24. The van der Waals surface area contributed by atoms with Crippen LogP contribution < -0.4 is 0 Å². The minimum atomic E-state index is 0.819. The van der Waals surface area contributed by atoms with Crippen molar-refractivity contribution in [2.24, 2.45) is 0 Å². The van der Waals surface area contributed by atoms with Gasteiger partial charge in [-0.05, 0) is 12.5 Å². The third-order valence-corrected chi connectivity index (χ3v) is 2.54. The summed E-state index contributed by atoms with van der Waals surface area (Å²) >= 11 is 0. The van der Waals surface area contributed by atoms with Crippen molar-refractivity contribution in [3.8, 4) is 6.19 Å². The summed E-state index contributed by atoms with van der Waals surface area (Å²) < 4.78 is 1.75. The summed E-state index contributed by atoms with van der Waals surface area (Å²) in [5.74, 6) is 0. The molecule has 1 heterocycles. The predicted octanol–water partition coefficient (Wildman–Crippen LogP) is 1.55. The molecule has 0 unspecified atom stereocenters. The van der Waals surface area contributed by atoms with Crippen LogP contribution in [0.5, 0.6) is 0 Å². The van der Waals surface area contributed by atoms with Crippen molar-refractivity contribution in [2.45, 2.75) is 13.3 Å². The van der Waals surface area contributed by atoms with Crippen LogP contribution in [0.2, 0.25) is 0 Å². The SMILES string of the molecule is CC1=[N+](C#N)CCc2ccccc21. The van der Waals surface area contributed by atoms with E-state index in [1.54, 1.807) is 4.58 Å². The summed E-state index contributed by atoms with van der Waals surface area (Å²) in [6, 6.07) is 8.28. The highest BCUT2D eigenvalue weighted by Gasteiger charge is 2.18. The summed E-state index contributed by atoms with van der Waals surface area (Å²) in [6.07, 6.45) is 3.16. The van der Waals surface area contributed by atoms with Crippen LogP contribution in [0, 0.1) is 11.5 Å². The fourth-order valence-electron chi connectivity index (χ4n) is 1.76. The van der Waals surface area contributed by atoms with E-state index in [0.29, 0.717) is 0 Å². The van der Waals surface area contributed by atoms with Crippen molar-refractivity contribution < 1.29 is 4.58 Å². The molecule has 0 bridgehead atoms. The minimum Gasteiger partial charge on any atom is -0.173 e. The lowest BCUT2D eigenvalue weighted by atomic mass is 9.98. The Labute approximate surface area is 77.7 Å². The largest absolute Gasteiger partial charge is 0.459 e. The lowest BCUT2D eigenvalue weighted by Gasteiger charge is -2.13. The summed E-state index contributed by atoms with van der Waals surface area (Å²) in [4.78, 5) is 0. The second-order valence-corrected chi connectivity index (χ2v) is 3.24. The van der Waals surface area contributed by atoms with Crippen LogP contribution in [0.3, 0.4) is 0 Å². The van der Waals surface area contributed by atoms with E-state index in [4.69, 9.17) is 5.26 Å². The molecule has 1 aliphatic rings. The van der Waals surface area contributed by atoms with Crippen molar-refractivity contribution in [3.05, 3.63) is 35.4 Å². The molecule has 0 saturated heterocycles. The first kappa shape index (κ1) is 8.00. The average Bonchev–Trinajstić information content (AvgIpc) is 2.19. The van der Waals surface area contributed by atoms with Crippen LogP contribution in [0.1, 0.15) is 18.1 Å². The van der Waals surface area contributed by atoms with Crippen LogP contribution in [0.15, 0.2) is 24.3 Å². The molecule has 0 amide bonds. The Morgan fingerprint density at radius 3 is 2.92 bits per heavy atom. The maximum Gasteiger partial charge on any atom is 0.459 e. The summed E-state index contributed by atoms with van der Waals surface area (Å²) in [5.41, 5.74) is 3.64. The zero-order chi connectivity index (χ0) is 9.26. The Morgan fingerprint density at radius 1 is 1.38 bits per heavy atom. The first-order chi connectivity index (χ1) is 6.33. The Morgan fingerprint density at radius 2 is 2.15 bits per heavy atom. The molecule has 0 aliphatic carbocycles. The normalized spacial score (nSPS) is 15.1. The van der Waals surface area contributed by atoms with E-state index in [1.165, 1.54) is 11.1 Å². The third kappa shape index (κ3) is 1.23. The van der Waals surface area contributed by atoms with E-state index in [1.807, 2.05) is 19.1 Å². The summed E-state index contributed by atoms with van der Waals surface area (Å²) in [5, 5.41) is 8.84. The predicted molar refractivity (Wildman–Crippen MR) is 50.7 cm³/mol. The van der Waals surface area contributed by atoms with Gasteiger partial charge in [-0.1, -0.05) is 24.3 Å². The van der Waals surface area contributed by atoms with Crippen molar-refractivity contribution in [1.29, 1.82) is 5.26 Å². The van der Waals surface area contributed by atoms with Crippen molar-refractivity contribution >= 4 is 5.71 Å². The lowest BCUT2D eigenvalue weighted by molar-refractivity contribution is -0.440. The number of nitrogens with zero attached hydrogens (tertiary/aromatic N) is 2. The van der Waals surface area contributed by atoms with Gasteiger partial charge in [0.05, 0.1) is 0 Å². The van der Waals surface area contributed by atoms with Crippen LogP contribution in [0.4, 0.5) is 0 Å². The maximum absolute atomic E-state index is 8.84. The number of benzene rings is 1. The molecule has 0 atom stereocenters. The van der Waals surface area contributed by atoms with E-state index in [-0.39, 0.29) is 0 Å². The number of hydrogen-bond acceptors (Lipinski definition) is 1. The fraction of sp³-hybridized carbons (Fsp3) is 0.273. The molecule has 0 fully saturated rings. The first-order valence-corrected chi connectivity index (χ1v) is 4.42. The second kappa shape index (κ2) is 3.02. The Bertz CT molecular complexity index is 410. The van der Waals surface area contributed by atoms with Crippen LogP contribution in [0.25, 0.3) is 0 Å². The molecule has 13 heavy (non-hydrogen) atoms. The summed E-state index contributed by atoms with van der Waals surface area (Å²) in [7, 11) is 0. The highest BCUT2D eigenvalue weighted by atomic mass is 15.0. The van der Waals surface area contributed by atoms with Gasteiger partial charge in [0.1, 0.15) is 12.3 Å². The molecule has 0 radical (unpaired) electrons. The topological polar surface area (TPSA) is 26.8 Å². The standard InChI is InChI=1S/C11H11N2/c1-9-11-5-3-2-4-10(11)6-7-13(9)8-12/h2-5H,6-7H2,1H3/q+1. The van der Waals surface area contributed by atoms with Gasteiger partial charge < -0.3 is 0 Å². The van der Waals surface area contributed by atoms with E-state index in [9.17, 15) is 0 Å². The third-order valence-electron chi connectivity index (χ3n) is 2.54. The number of hydrogen-bond donors (Lipinski definition) is 0. The second-order valence-electron chi connectivity index (χ2n) is 3.24. The summed E-state index contributed by atoms with van der Waals surface area (Å²) in [6.45, 7) is 2.82. The van der Waals surface area contributed by atoms with Crippen LogP contribution in [-0.4, -0.2) is 16.8 Å². The van der Waals surface area contributed by atoms with E-state index >= 15 is 0 Å². The molecule has 0 saturated carbocycles. The molecule has 2 nitrogen and oxygen atoms in total. The molecule has 64 valence electrons. The molecule has 1 aromatic carbocycles. The maximum atomic E-state index is 8.84. The van der Waals surface area contributed by atoms with Gasteiger partial charge in [0, 0.05) is 12.0 Å². The van der Waals surface area contributed by atoms with Crippen molar-refractivity contribution in [2.75, 3.05) is 6.54 Å². The van der Waals surface area contributed by atoms with Crippen LogP contribution in [-0.2, 0) is 6.42 Å². The van der Waals surface area contributed by atoms with E-state index < -0.39 is 0 Å². The number of nitriles is 1. The van der Waals surface area contributed by atoms with Gasteiger partial charge in [-0.3, -0.25) is 0 Å². The molecule has 0 aromatic heterocycles. The molecular formula is C11H11N2+. The Hall–Kier alpha value is -1.62. The molecule has 0 spiro atoms. The highest BCUT2D eigenvalue weighted by molar-refractivity contribution is 5.97. The van der Waals surface area contributed by atoms with E-state index in [0.717, 1.165) is 18.7 Å². The van der Waals surface area contributed by atoms with Gasteiger partial charge >= 0.3 is 6.19 Å². The highest BCUT2D eigenvalue weighted by Crippen LogP contribution is 2.14. The molecule has 1 aliphatic heterocycles. The van der Waals surface area contributed by atoms with Crippen molar-refractivity contribution in [3.63, 3.8) is 0 Å². The quantitative estimate of drug-likeness (QED) is 0.429. The Kier molecular flexibility index (Phi) is 1.86. The monoisotopic (exact) mass is 171 g/mol. The van der Waals surface area contributed by atoms with Gasteiger partial charge in [-0.15, -0.1) is 0 Å². The first-order valence-electron chi connectivity index (χ1n) is 4.42. The number of rotatable bonds is 0. The zero-order valence-electron chi connectivity index (χ0n) is 7.62. The van der Waals surface area contributed by atoms with E-state index in [2.05, 4.69) is 18.3 Å². The zero-order valence-corrected chi connectivity index (χ0v) is 7.62. The van der Waals surface area contributed by atoms with Crippen LogP contribution >= 0.6 is 0 Å². The molecular weight excluding hydrogens is 160 g/mol. The number of fused-ring (bicyclic) bond motifs is 1. The smallest absolute Gasteiger partial charge is 0.173 e. The molecule has 2 rings (SSSR count). The van der Waals surface area contributed by atoms with Gasteiger partial charge in [0.25, 0.3) is 0 Å². The van der Waals surface area contributed by atoms with Crippen molar-refractivity contribution in [1.82, 2.24) is 0 Å². The van der Waals surface area contributed by atoms with Gasteiger partial charge in [-0.25, -0.2) is 0 Å². The molecule has 0 N–H and O–H groups in total. The van der Waals surface area contributed by atoms with Gasteiger partial charge in [-0.2, -0.15) is 4.58 Å². The molecule has 1 aromatic rings.